The first-order chi connectivity index (χ1) is 6.86. The SMILES string of the molecule is O=C(Nc1cccnc1)N1CCCC1. The molecule has 1 aromatic heterocycles. The molecule has 1 aromatic rings. The molecule has 2 rings (SSSR count). The monoisotopic (exact) mass is 191 g/mol. The lowest BCUT2D eigenvalue weighted by molar-refractivity contribution is 0.222. The number of likely N-dealkylation sites (tertiary alicyclic amines) is 1. The Kier molecular flexibility index (Phi) is 2.62. The Morgan fingerprint density at radius 1 is 1.43 bits per heavy atom. The van der Waals surface area contributed by atoms with Crippen LogP contribution in [0.15, 0.2) is 24.5 Å². The number of aromatic nitrogens is 1. The standard InChI is InChI=1S/C10H13N3O/c14-10(13-6-1-2-7-13)12-9-4-3-5-11-8-9/h3-5,8H,1-2,6-7H2,(H,12,14). The van der Waals surface area contributed by atoms with E-state index in [4.69, 9.17) is 0 Å². The van der Waals surface area contributed by atoms with Crippen LogP contribution in [0, 0.1) is 0 Å². The first-order valence-electron chi connectivity index (χ1n) is 4.82. The molecule has 0 atom stereocenters. The summed E-state index contributed by atoms with van der Waals surface area (Å²) in [5, 5.41) is 2.81. The molecule has 74 valence electrons. The largest absolute Gasteiger partial charge is 0.325 e. The topological polar surface area (TPSA) is 45.2 Å². The van der Waals surface area contributed by atoms with Gasteiger partial charge in [0.15, 0.2) is 0 Å². The molecule has 1 saturated heterocycles. The molecule has 0 spiro atoms. The van der Waals surface area contributed by atoms with Gasteiger partial charge in [-0.2, -0.15) is 0 Å². The Balaban J connectivity index is 1.94. The van der Waals surface area contributed by atoms with Crippen LogP contribution in [0.2, 0.25) is 0 Å². The van der Waals surface area contributed by atoms with Gasteiger partial charge in [0.2, 0.25) is 0 Å². The van der Waals surface area contributed by atoms with E-state index in [1.165, 1.54) is 0 Å². The van der Waals surface area contributed by atoms with Gasteiger partial charge in [-0.15, -0.1) is 0 Å². The van der Waals surface area contributed by atoms with Crippen LogP contribution in [0.3, 0.4) is 0 Å². The molecule has 0 unspecified atom stereocenters. The minimum atomic E-state index is -0.0181. The van der Waals surface area contributed by atoms with E-state index >= 15 is 0 Å². The van der Waals surface area contributed by atoms with Crippen LogP contribution in [0.4, 0.5) is 10.5 Å². The van der Waals surface area contributed by atoms with Crippen molar-refractivity contribution in [2.45, 2.75) is 12.8 Å². The van der Waals surface area contributed by atoms with Gasteiger partial charge in [0.25, 0.3) is 0 Å². The summed E-state index contributed by atoms with van der Waals surface area (Å²) in [6.07, 6.45) is 5.56. The number of carbonyl (C=O) groups excluding carboxylic acids is 1. The van der Waals surface area contributed by atoms with Crippen molar-refractivity contribution in [3.05, 3.63) is 24.5 Å². The van der Waals surface area contributed by atoms with Gasteiger partial charge in [0.1, 0.15) is 0 Å². The van der Waals surface area contributed by atoms with Gasteiger partial charge in [0.05, 0.1) is 11.9 Å². The lowest BCUT2D eigenvalue weighted by atomic mass is 10.4. The molecular formula is C10H13N3O. The number of hydrogen-bond acceptors (Lipinski definition) is 2. The fourth-order valence-electron chi connectivity index (χ4n) is 1.56. The molecule has 4 heteroatoms. The maximum Gasteiger partial charge on any atom is 0.321 e. The number of pyridine rings is 1. The summed E-state index contributed by atoms with van der Waals surface area (Å²) in [7, 11) is 0. The van der Waals surface area contributed by atoms with Crippen molar-refractivity contribution in [3.63, 3.8) is 0 Å². The zero-order chi connectivity index (χ0) is 9.80. The quantitative estimate of drug-likeness (QED) is 0.734. The van der Waals surface area contributed by atoms with Crippen molar-refractivity contribution in [2.24, 2.45) is 0 Å². The van der Waals surface area contributed by atoms with Gasteiger partial charge in [-0.1, -0.05) is 0 Å². The molecule has 0 radical (unpaired) electrons. The van der Waals surface area contributed by atoms with Gasteiger partial charge in [-0.05, 0) is 25.0 Å². The summed E-state index contributed by atoms with van der Waals surface area (Å²) in [4.78, 5) is 17.4. The highest BCUT2D eigenvalue weighted by atomic mass is 16.2. The van der Waals surface area contributed by atoms with E-state index in [9.17, 15) is 4.79 Å². The Hall–Kier alpha value is -1.58. The highest BCUT2D eigenvalue weighted by molar-refractivity contribution is 5.89. The van der Waals surface area contributed by atoms with Crippen LogP contribution in [-0.2, 0) is 0 Å². The molecule has 0 aliphatic carbocycles. The second kappa shape index (κ2) is 4.09. The molecule has 0 aromatic carbocycles. The molecule has 0 bridgehead atoms. The Bertz CT molecular complexity index is 306. The minimum absolute atomic E-state index is 0.0181. The average molecular weight is 191 g/mol. The van der Waals surface area contributed by atoms with Gasteiger partial charge in [0, 0.05) is 19.3 Å². The van der Waals surface area contributed by atoms with Crippen LogP contribution >= 0.6 is 0 Å². The molecule has 0 saturated carbocycles. The maximum atomic E-state index is 11.6. The van der Waals surface area contributed by atoms with Crippen molar-refractivity contribution in [1.29, 1.82) is 0 Å². The predicted molar refractivity (Wildman–Crippen MR) is 54.1 cm³/mol. The average Bonchev–Trinajstić information content (AvgIpc) is 2.72. The van der Waals surface area contributed by atoms with E-state index in [1.54, 1.807) is 18.5 Å². The molecule has 1 N–H and O–H groups in total. The lowest BCUT2D eigenvalue weighted by Gasteiger charge is -2.15. The lowest BCUT2D eigenvalue weighted by Crippen LogP contribution is -2.32. The number of nitrogens with one attached hydrogen (secondary N) is 1. The number of rotatable bonds is 1. The van der Waals surface area contributed by atoms with Crippen LogP contribution in [0.1, 0.15) is 12.8 Å². The third-order valence-electron chi connectivity index (χ3n) is 2.31. The van der Waals surface area contributed by atoms with Gasteiger partial charge in [-0.25, -0.2) is 4.79 Å². The first kappa shape index (κ1) is 8.99. The summed E-state index contributed by atoms with van der Waals surface area (Å²) < 4.78 is 0. The van der Waals surface area contributed by atoms with Crippen molar-refractivity contribution >= 4 is 11.7 Å². The third-order valence-corrected chi connectivity index (χ3v) is 2.31. The Morgan fingerprint density at radius 3 is 2.86 bits per heavy atom. The number of amides is 2. The number of nitrogens with zero attached hydrogens (tertiary/aromatic N) is 2. The minimum Gasteiger partial charge on any atom is -0.325 e. The molecule has 1 fully saturated rings. The van der Waals surface area contributed by atoms with Crippen LogP contribution in [0.5, 0.6) is 0 Å². The van der Waals surface area contributed by atoms with E-state index in [2.05, 4.69) is 10.3 Å². The predicted octanol–water partition coefficient (Wildman–Crippen LogP) is 1.71. The molecule has 2 amide bonds. The first-order valence-corrected chi connectivity index (χ1v) is 4.82. The zero-order valence-corrected chi connectivity index (χ0v) is 7.94. The van der Waals surface area contributed by atoms with E-state index < -0.39 is 0 Å². The summed E-state index contributed by atoms with van der Waals surface area (Å²) in [6.45, 7) is 1.73. The van der Waals surface area contributed by atoms with Crippen molar-refractivity contribution in [3.8, 4) is 0 Å². The van der Waals surface area contributed by atoms with Crippen LogP contribution in [0.25, 0.3) is 0 Å². The number of carbonyl (C=O) groups is 1. The summed E-state index contributed by atoms with van der Waals surface area (Å²) in [5.41, 5.74) is 0.754. The second-order valence-corrected chi connectivity index (χ2v) is 3.37. The van der Waals surface area contributed by atoms with Crippen molar-refractivity contribution in [2.75, 3.05) is 18.4 Å². The van der Waals surface area contributed by atoms with Crippen molar-refractivity contribution < 1.29 is 4.79 Å². The molecule has 1 aliphatic rings. The smallest absolute Gasteiger partial charge is 0.321 e. The molecule has 2 heterocycles. The normalized spacial score (nSPS) is 15.6. The Labute approximate surface area is 82.9 Å². The molecular weight excluding hydrogens is 178 g/mol. The second-order valence-electron chi connectivity index (χ2n) is 3.37. The molecule has 1 aliphatic heterocycles. The van der Waals surface area contributed by atoms with Gasteiger partial charge in [-0.3, -0.25) is 4.98 Å². The van der Waals surface area contributed by atoms with E-state index in [0.29, 0.717) is 0 Å². The van der Waals surface area contributed by atoms with Gasteiger partial charge < -0.3 is 10.2 Å². The summed E-state index contributed by atoms with van der Waals surface area (Å²) >= 11 is 0. The highest BCUT2D eigenvalue weighted by Crippen LogP contribution is 2.10. The van der Waals surface area contributed by atoms with Crippen molar-refractivity contribution in [1.82, 2.24) is 9.88 Å². The fraction of sp³-hybridized carbons (Fsp3) is 0.400. The summed E-state index contributed by atoms with van der Waals surface area (Å²) in [5.74, 6) is 0. The van der Waals surface area contributed by atoms with E-state index in [1.807, 2.05) is 11.0 Å². The van der Waals surface area contributed by atoms with Gasteiger partial charge >= 0.3 is 6.03 Å². The maximum absolute atomic E-state index is 11.6. The Morgan fingerprint density at radius 2 is 2.21 bits per heavy atom. The number of urea groups is 1. The molecule has 14 heavy (non-hydrogen) atoms. The zero-order valence-electron chi connectivity index (χ0n) is 7.94. The molecule has 4 nitrogen and oxygen atoms in total. The number of hydrogen-bond donors (Lipinski definition) is 1. The third kappa shape index (κ3) is 2.02. The highest BCUT2D eigenvalue weighted by Gasteiger charge is 2.17. The van der Waals surface area contributed by atoms with E-state index in [0.717, 1.165) is 31.6 Å². The van der Waals surface area contributed by atoms with Crippen LogP contribution < -0.4 is 5.32 Å². The summed E-state index contributed by atoms with van der Waals surface area (Å²) in [6, 6.07) is 3.62. The van der Waals surface area contributed by atoms with Crippen LogP contribution in [-0.4, -0.2) is 29.0 Å². The van der Waals surface area contributed by atoms with E-state index in [-0.39, 0.29) is 6.03 Å². The fourth-order valence-corrected chi connectivity index (χ4v) is 1.56. The number of anilines is 1.